The largest absolute Gasteiger partial charge is 0.339 e. The van der Waals surface area contributed by atoms with Crippen molar-refractivity contribution in [3.63, 3.8) is 0 Å². The monoisotopic (exact) mass is 392 g/mol. The van der Waals surface area contributed by atoms with E-state index in [0.29, 0.717) is 41.5 Å². The molecule has 2 N–H and O–H groups in total. The molecule has 1 aromatic carbocycles. The fourth-order valence-electron chi connectivity index (χ4n) is 2.89. The molecule has 1 aliphatic rings. The molecule has 1 fully saturated rings. The molecule has 0 aliphatic heterocycles. The lowest BCUT2D eigenvalue weighted by molar-refractivity contribution is -0.116. The quantitative estimate of drug-likeness (QED) is 0.475. The van der Waals surface area contributed by atoms with E-state index in [1.807, 2.05) is 28.9 Å². The molecular weight excluding hydrogens is 376 g/mol. The van der Waals surface area contributed by atoms with Crippen molar-refractivity contribution in [2.24, 2.45) is 0 Å². The van der Waals surface area contributed by atoms with Crippen molar-refractivity contribution in [2.45, 2.75) is 31.7 Å². The van der Waals surface area contributed by atoms with Crippen LogP contribution in [-0.2, 0) is 11.2 Å². The Labute approximate surface area is 163 Å². The van der Waals surface area contributed by atoms with Crippen molar-refractivity contribution >= 4 is 11.6 Å². The molecule has 3 aromatic heterocycles. The van der Waals surface area contributed by atoms with Gasteiger partial charge in [0.2, 0.25) is 17.6 Å². The van der Waals surface area contributed by atoms with Gasteiger partial charge in [-0.2, -0.15) is 10.1 Å². The highest BCUT2D eigenvalue weighted by Gasteiger charge is 2.28. The molecule has 12 nitrogen and oxygen atoms in total. The van der Waals surface area contributed by atoms with E-state index in [0.717, 1.165) is 18.4 Å². The third-order valence-corrected chi connectivity index (χ3v) is 4.45. The van der Waals surface area contributed by atoms with E-state index in [9.17, 15) is 4.79 Å². The lowest BCUT2D eigenvalue weighted by Crippen LogP contribution is -2.12. The van der Waals surface area contributed by atoms with Crippen molar-refractivity contribution < 1.29 is 9.32 Å². The molecule has 12 heteroatoms. The van der Waals surface area contributed by atoms with E-state index in [1.54, 1.807) is 0 Å². The van der Waals surface area contributed by atoms with Crippen molar-refractivity contribution in [1.29, 1.82) is 0 Å². The molecule has 29 heavy (non-hydrogen) atoms. The zero-order valence-corrected chi connectivity index (χ0v) is 15.2. The molecule has 0 spiro atoms. The minimum absolute atomic E-state index is 0.164. The van der Waals surface area contributed by atoms with Crippen LogP contribution in [0.25, 0.3) is 23.0 Å². The van der Waals surface area contributed by atoms with Crippen molar-refractivity contribution in [3.05, 3.63) is 36.5 Å². The third kappa shape index (κ3) is 3.72. The predicted molar refractivity (Wildman–Crippen MR) is 98.1 cm³/mol. The van der Waals surface area contributed by atoms with Crippen LogP contribution < -0.4 is 5.32 Å². The van der Waals surface area contributed by atoms with Gasteiger partial charge in [-0.05, 0) is 35.4 Å². The molecule has 1 amide bonds. The highest BCUT2D eigenvalue weighted by Crippen LogP contribution is 2.36. The van der Waals surface area contributed by atoms with Gasteiger partial charge in [0.05, 0.1) is 6.04 Å². The number of anilines is 1. The van der Waals surface area contributed by atoms with Gasteiger partial charge in [0.15, 0.2) is 11.6 Å². The molecule has 3 heterocycles. The number of nitrogens with zero attached hydrogens (tertiary/aromatic N) is 8. The Kier molecular flexibility index (Phi) is 4.27. The SMILES string of the molecule is O=C(CCc1nc(-c2ncn[nH]2)no1)Nc1cccc(-c2nnnn2C2CC2)c1. The minimum atomic E-state index is -0.164. The molecule has 146 valence electrons. The number of amides is 1. The first kappa shape index (κ1) is 17.2. The fourth-order valence-corrected chi connectivity index (χ4v) is 2.89. The van der Waals surface area contributed by atoms with E-state index < -0.39 is 0 Å². The topological polar surface area (TPSA) is 153 Å². The van der Waals surface area contributed by atoms with E-state index in [-0.39, 0.29) is 12.3 Å². The van der Waals surface area contributed by atoms with E-state index in [2.05, 4.69) is 46.2 Å². The summed E-state index contributed by atoms with van der Waals surface area (Å²) >= 11 is 0. The Balaban J connectivity index is 1.21. The average molecular weight is 392 g/mol. The van der Waals surface area contributed by atoms with Gasteiger partial charge in [-0.1, -0.05) is 17.3 Å². The number of H-pyrrole nitrogens is 1. The number of rotatable bonds is 7. The van der Waals surface area contributed by atoms with Crippen LogP contribution in [0.2, 0.25) is 0 Å². The molecule has 0 atom stereocenters. The summed E-state index contributed by atoms with van der Waals surface area (Å²) in [5, 5.41) is 25.0. The number of hydrogen-bond acceptors (Lipinski definition) is 9. The van der Waals surface area contributed by atoms with Gasteiger partial charge in [-0.3, -0.25) is 9.89 Å². The molecule has 0 unspecified atom stereocenters. The maximum Gasteiger partial charge on any atom is 0.239 e. The molecule has 1 aliphatic carbocycles. The number of carbonyl (C=O) groups excluding carboxylic acids is 1. The summed E-state index contributed by atoms with van der Waals surface area (Å²) < 4.78 is 6.98. The highest BCUT2D eigenvalue weighted by molar-refractivity contribution is 5.91. The second-order valence-corrected chi connectivity index (χ2v) is 6.65. The Morgan fingerprint density at radius 3 is 3.10 bits per heavy atom. The Morgan fingerprint density at radius 2 is 2.28 bits per heavy atom. The summed E-state index contributed by atoms with van der Waals surface area (Å²) in [6.07, 6.45) is 4.04. The van der Waals surface area contributed by atoms with Gasteiger partial charge >= 0.3 is 0 Å². The molecule has 1 saturated carbocycles. The van der Waals surface area contributed by atoms with Crippen molar-refractivity contribution in [1.82, 2.24) is 45.5 Å². The summed E-state index contributed by atoms with van der Waals surface area (Å²) in [5.74, 6) is 1.61. The molecule has 4 aromatic rings. The Morgan fingerprint density at radius 1 is 1.34 bits per heavy atom. The number of aromatic nitrogens is 9. The molecule has 5 rings (SSSR count). The standard InChI is InChI=1S/C17H16N10O2/c28-13(6-7-14-21-16(24-29-14)15-18-9-19-22-15)20-11-3-1-2-10(8-11)17-23-25-26-27(17)12-4-5-12/h1-3,8-9,12H,4-7H2,(H,20,28)(H,18,19,22). The van der Waals surface area contributed by atoms with Crippen LogP contribution >= 0.6 is 0 Å². The molecule has 0 saturated heterocycles. The number of benzene rings is 1. The Bertz CT molecular complexity index is 1130. The smallest absolute Gasteiger partial charge is 0.239 e. The Hall–Kier alpha value is -3.96. The van der Waals surface area contributed by atoms with Gasteiger partial charge in [0.25, 0.3) is 0 Å². The normalized spacial score (nSPS) is 13.5. The summed E-state index contributed by atoms with van der Waals surface area (Å²) in [5.41, 5.74) is 1.53. The molecule has 0 radical (unpaired) electrons. The average Bonchev–Trinajstić information content (AvgIpc) is 3.17. The number of carbonyl (C=O) groups is 1. The van der Waals surface area contributed by atoms with Gasteiger partial charge in [-0.15, -0.1) is 5.10 Å². The fraction of sp³-hybridized carbons (Fsp3) is 0.294. The van der Waals surface area contributed by atoms with Crippen LogP contribution in [0.5, 0.6) is 0 Å². The van der Waals surface area contributed by atoms with Crippen molar-refractivity contribution in [2.75, 3.05) is 5.32 Å². The predicted octanol–water partition coefficient (Wildman–Crippen LogP) is 1.41. The van der Waals surface area contributed by atoms with Crippen LogP contribution in [0.4, 0.5) is 5.69 Å². The molecule has 0 bridgehead atoms. The van der Waals surface area contributed by atoms with Gasteiger partial charge < -0.3 is 9.84 Å². The first-order valence-corrected chi connectivity index (χ1v) is 9.13. The second-order valence-electron chi connectivity index (χ2n) is 6.65. The number of aromatic amines is 1. The van der Waals surface area contributed by atoms with E-state index >= 15 is 0 Å². The first-order chi connectivity index (χ1) is 14.3. The summed E-state index contributed by atoms with van der Waals surface area (Å²) in [6.45, 7) is 0. The zero-order valence-electron chi connectivity index (χ0n) is 15.2. The number of tetrazole rings is 1. The maximum absolute atomic E-state index is 12.3. The summed E-state index contributed by atoms with van der Waals surface area (Å²) in [6, 6.07) is 7.83. The minimum Gasteiger partial charge on any atom is -0.339 e. The van der Waals surface area contributed by atoms with Crippen molar-refractivity contribution in [3.8, 4) is 23.0 Å². The summed E-state index contributed by atoms with van der Waals surface area (Å²) in [4.78, 5) is 20.5. The van der Waals surface area contributed by atoms with E-state index in [4.69, 9.17) is 4.52 Å². The second kappa shape index (κ2) is 7.22. The zero-order chi connectivity index (χ0) is 19.6. The van der Waals surface area contributed by atoms with Crippen LogP contribution in [0.15, 0.2) is 35.1 Å². The summed E-state index contributed by atoms with van der Waals surface area (Å²) in [7, 11) is 0. The lowest BCUT2D eigenvalue weighted by atomic mass is 10.2. The maximum atomic E-state index is 12.3. The van der Waals surface area contributed by atoms with Gasteiger partial charge in [0.1, 0.15) is 6.33 Å². The van der Waals surface area contributed by atoms with E-state index in [1.165, 1.54) is 6.33 Å². The van der Waals surface area contributed by atoms with Crippen LogP contribution in [0, 0.1) is 0 Å². The van der Waals surface area contributed by atoms with Crippen LogP contribution in [0.3, 0.4) is 0 Å². The number of aryl methyl sites for hydroxylation is 1. The van der Waals surface area contributed by atoms with Gasteiger partial charge in [0, 0.05) is 24.1 Å². The van der Waals surface area contributed by atoms with Crippen LogP contribution in [0.1, 0.15) is 31.2 Å². The lowest BCUT2D eigenvalue weighted by Gasteiger charge is -2.07. The number of hydrogen-bond donors (Lipinski definition) is 2. The first-order valence-electron chi connectivity index (χ1n) is 9.13. The van der Waals surface area contributed by atoms with Crippen LogP contribution in [-0.4, -0.2) is 51.4 Å². The highest BCUT2D eigenvalue weighted by atomic mass is 16.5. The number of nitrogens with one attached hydrogen (secondary N) is 2. The molecular formula is C17H16N10O2. The third-order valence-electron chi connectivity index (χ3n) is 4.45. The van der Waals surface area contributed by atoms with Gasteiger partial charge in [-0.25, -0.2) is 9.67 Å².